The number of carbonyl (C=O) groups excluding carboxylic acids is 1. The average Bonchev–Trinajstić information content (AvgIpc) is 3.14. The number of nitrogens with zero attached hydrogens (tertiary/aromatic N) is 1. The van der Waals surface area contributed by atoms with Crippen molar-refractivity contribution in [2.75, 3.05) is 7.11 Å². The van der Waals surface area contributed by atoms with Crippen molar-refractivity contribution in [2.45, 2.75) is 6.61 Å². The molecule has 0 saturated carbocycles. The predicted octanol–water partition coefficient (Wildman–Crippen LogP) is 6.69. The molecular weight excluding hydrogens is 517 g/mol. The number of rotatable bonds is 6. The number of aliphatic imine (C=N–C) groups is 1. The smallest absolute Gasteiger partial charge is 0.363 e. The lowest BCUT2D eigenvalue weighted by molar-refractivity contribution is -0.129. The van der Waals surface area contributed by atoms with Gasteiger partial charge in [0.05, 0.1) is 12.1 Å². The van der Waals surface area contributed by atoms with Crippen LogP contribution in [0.2, 0.25) is 10.0 Å². The van der Waals surface area contributed by atoms with Crippen LogP contribution in [0.5, 0.6) is 11.5 Å². The molecule has 0 amide bonds. The minimum Gasteiger partial charge on any atom is -0.493 e. The molecule has 0 radical (unpaired) electrons. The SMILES string of the molecule is COc1cc(/C=C2\N=C(c3cccc(Br)c3)OC2=O)cc(Cl)c1OCc1ccc(Cl)cc1. The first-order valence-corrected chi connectivity index (χ1v) is 11.0. The topological polar surface area (TPSA) is 57.1 Å². The number of ether oxygens (including phenoxy) is 3. The number of hydrogen-bond donors (Lipinski definition) is 0. The highest BCUT2D eigenvalue weighted by Gasteiger charge is 2.24. The van der Waals surface area contributed by atoms with Crippen LogP contribution in [0.25, 0.3) is 6.08 Å². The molecule has 3 aromatic rings. The van der Waals surface area contributed by atoms with E-state index >= 15 is 0 Å². The molecule has 1 heterocycles. The maximum Gasteiger partial charge on any atom is 0.363 e. The minimum atomic E-state index is -0.543. The fourth-order valence-corrected chi connectivity index (χ4v) is 3.81. The highest BCUT2D eigenvalue weighted by molar-refractivity contribution is 9.10. The summed E-state index contributed by atoms with van der Waals surface area (Å²) in [6.45, 7) is 0.292. The monoisotopic (exact) mass is 531 g/mol. The van der Waals surface area contributed by atoms with Gasteiger partial charge >= 0.3 is 5.97 Å². The van der Waals surface area contributed by atoms with Gasteiger partial charge in [-0.25, -0.2) is 9.79 Å². The van der Waals surface area contributed by atoms with E-state index < -0.39 is 5.97 Å². The Kier molecular flexibility index (Phi) is 6.84. The van der Waals surface area contributed by atoms with Crippen molar-refractivity contribution in [3.05, 3.63) is 97.6 Å². The number of esters is 1. The summed E-state index contributed by atoms with van der Waals surface area (Å²) in [5.41, 5.74) is 2.41. The normalized spacial score (nSPS) is 14.3. The van der Waals surface area contributed by atoms with Crippen LogP contribution in [0.15, 0.2) is 75.8 Å². The van der Waals surface area contributed by atoms with Gasteiger partial charge in [-0.2, -0.15) is 0 Å². The quantitative estimate of drug-likeness (QED) is 0.262. The number of benzene rings is 3. The number of methoxy groups -OCH3 is 1. The second-order valence-electron chi connectivity index (χ2n) is 6.80. The molecule has 4 rings (SSSR count). The molecule has 162 valence electrons. The summed E-state index contributed by atoms with van der Waals surface area (Å²) in [6.07, 6.45) is 1.59. The van der Waals surface area contributed by atoms with E-state index in [4.69, 9.17) is 37.4 Å². The van der Waals surface area contributed by atoms with Gasteiger partial charge in [0.15, 0.2) is 17.2 Å². The molecule has 5 nitrogen and oxygen atoms in total. The standard InChI is InChI=1S/C24H16BrCl2NO4/c1-30-21-11-15(9-19(27)22(21)31-13-14-5-7-18(26)8-6-14)10-20-24(29)32-23(28-20)16-3-2-4-17(25)12-16/h2-12H,13H2,1H3/b20-10-. The van der Waals surface area contributed by atoms with Gasteiger partial charge in [0.25, 0.3) is 0 Å². The zero-order chi connectivity index (χ0) is 22.7. The Labute approximate surface area is 203 Å². The highest BCUT2D eigenvalue weighted by atomic mass is 79.9. The van der Waals surface area contributed by atoms with Crippen molar-refractivity contribution in [2.24, 2.45) is 4.99 Å². The molecule has 3 aromatic carbocycles. The van der Waals surface area contributed by atoms with Crippen molar-refractivity contribution in [1.82, 2.24) is 0 Å². The summed E-state index contributed by atoms with van der Waals surface area (Å²) in [6, 6.07) is 18.1. The van der Waals surface area contributed by atoms with Crippen LogP contribution < -0.4 is 9.47 Å². The minimum absolute atomic E-state index is 0.160. The molecule has 0 atom stereocenters. The Hall–Kier alpha value is -2.80. The summed E-state index contributed by atoms with van der Waals surface area (Å²) in [4.78, 5) is 16.6. The Bertz CT molecular complexity index is 1240. The van der Waals surface area contributed by atoms with Crippen LogP contribution >= 0.6 is 39.1 Å². The second kappa shape index (κ2) is 9.77. The molecule has 1 aliphatic heterocycles. The first-order valence-electron chi connectivity index (χ1n) is 9.46. The third-order valence-electron chi connectivity index (χ3n) is 4.54. The predicted molar refractivity (Wildman–Crippen MR) is 129 cm³/mol. The summed E-state index contributed by atoms with van der Waals surface area (Å²) in [7, 11) is 1.52. The van der Waals surface area contributed by atoms with Gasteiger partial charge in [-0.1, -0.05) is 57.3 Å². The average molecular weight is 533 g/mol. The third kappa shape index (κ3) is 5.15. The molecule has 0 unspecified atom stereocenters. The molecule has 0 saturated heterocycles. The molecule has 0 fully saturated rings. The van der Waals surface area contributed by atoms with Gasteiger partial charge in [-0.15, -0.1) is 0 Å². The van der Waals surface area contributed by atoms with E-state index in [1.54, 1.807) is 30.3 Å². The summed E-state index contributed by atoms with van der Waals surface area (Å²) >= 11 is 15.8. The van der Waals surface area contributed by atoms with E-state index in [0.29, 0.717) is 39.3 Å². The molecule has 0 aliphatic carbocycles. The largest absolute Gasteiger partial charge is 0.493 e. The molecule has 32 heavy (non-hydrogen) atoms. The van der Waals surface area contributed by atoms with Crippen LogP contribution in [0.1, 0.15) is 16.7 Å². The zero-order valence-electron chi connectivity index (χ0n) is 16.8. The van der Waals surface area contributed by atoms with Crippen molar-refractivity contribution in [3.8, 4) is 11.5 Å². The Morgan fingerprint density at radius 1 is 1.09 bits per heavy atom. The van der Waals surface area contributed by atoms with E-state index in [0.717, 1.165) is 10.0 Å². The fourth-order valence-electron chi connectivity index (χ4n) is 3.01. The van der Waals surface area contributed by atoms with E-state index in [1.165, 1.54) is 7.11 Å². The van der Waals surface area contributed by atoms with Crippen LogP contribution in [0.3, 0.4) is 0 Å². The molecule has 0 spiro atoms. The maximum atomic E-state index is 12.3. The van der Waals surface area contributed by atoms with Crippen molar-refractivity contribution >= 4 is 57.1 Å². The zero-order valence-corrected chi connectivity index (χ0v) is 19.9. The molecule has 0 aromatic heterocycles. The third-order valence-corrected chi connectivity index (χ3v) is 5.57. The number of carbonyl (C=O) groups is 1. The second-order valence-corrected chi connectivity index (χ2v) is 8.55. The Morgan fingerprint density at radius 3 is 2.59 bits per heavy atom. The van der Waals surface area contributed by atoms with Gasteiger partial charge in [0, 0.05) is 15.1 Å². The van der Waals surface area contributed by atoms with Crippen molar-refractivity contribution in [3.63, 3.8) is 0 Å². The van der Waals surface area contributed by atoms with Crippen LogP contribution in [0.4, 0.5) is 0 Å². The number of cyclic esters (lactones) is 1. The lowest BCUT2D eigenvalue weighted by atomic mass is 10.1. The first-order chi connectivity index (χ1) is 15.4. The van der Waals surface area contributed by atoms with Crippen LogP contribution in [-0.2, 0) is 16.1 Å². The van der Waals surface area contributed by atoms with Crippen LogP contribution in [-0.4, -0.2) is 19.0 Å². The molecule has 0 N–H and O–H groups in total. The van der Waals surface area contributed by atoms with Crippen molar-refractivity contribution in [1.29, 1.82) is 0 Å². The fraction of sp³-hybridized carbons (Fsp3) is 0.0833. The lowest BCUT2D eigenvalue weighted by Gasteiger charge is -2.13. The molecular formula is C24H16BrCl2NO4. The van der Waals surface area contributed by atoms with Gasteiger partial charge in [-0.05, 0) is 59.7 Å². The number of halogens is 3. The van der Waals surface area contributed by atoms with E-state index in [1.807, 2.05) is 36.4 Å². The maximum absolute atomic E-state index is 12.3. The van der Waals surface area contributed by atoms with Crippen molar-refractivity contribution < 1.29 is 19.0 Å². The van der Waals surface area contributed by atoms with Crippen LogP contribution in [0, 0.1) is 0 Å². The lowest BCUT2D eigenvalue weighted by Crippen LogP contribution is -2.05. The van der Waals surface area contributed by atoms with E-state index in [-0.39, 0.29) is 11.6 Å². The van der Waals surface area contributed by atoms with E-state index in [9.17, 15) is 4.79 Å². The highest BCUT2D eigenvalue weighted by Crippen LogP contribution is 2.38. The summed E-state index contributed by atoms with van der Waals surface area (Å²) in [5, 5.41) is 0.991. The van der Waals surface area contributed by atoms with E-state index in [2.05, 4.69) is 20.9 Å². The first kappa shape index (κ1) is 22.4. The molecule has 8 heteroatoms. The van der Waals surface area contributed by atoms with Gasteiger partial charge in [0.1, 0.15) is 6.61 Å². The summed E-state index contributed by atoms with van der Waals surface area (Å²) < 4.78 is 17.5. The molecule has 0 bridgehead atoms. The molecule has 1 aliphatic rings. The van der Waals surface area contributed by atoms with Gasteiger partial charge in [-0.3, -0.25) is 0 Å². The van der Waals surface area contributed by atoms with Gasteiger partial charge in [0.2, 0.25) is 5.90 Å². The summed E-state index contributed by atoms with van der Waals surface area (Å²) in [5.74, 6) is 0.529. The number of hydrogen-bond acceptors (Lipinski definition) is 5. The Balaban J connectivity index is 1.59. The van der Waals surface area contributed by atoms with Gasteiger partial charge < -0.3 is 14.2 Å². The Morgan fingerprint density at radius 2 is 1.88 bits per heavy atom.